The minimum absolute atomic E-state index is 0. The van der Waals surface area contributed by atoms with E-state index in [0.717, 1.165) is 5.92 Å². The van der Waals surface area contributed by atoms with Crippen molar-refractivity contribution in [3.63, 3.8) is 0 Å². The van der Waals surface area contributed by atoms with Crippen LogP contribution in [-0.4, -0.2) is 10.2 Å². The molecule has 0 saturated heterocycles. The second kappa shape index (κ2) is 10.2. The van der Waals surface area contributed by atoms with E-state index in [0.29, 0.717) is 0 Å². The number of rotatable bonds is 1. The van der Waals surface area contributed by atoms with Crippen molar-refractivity contribution in [3.8, 4) is 0 Å². The third kappa shape index (κ3) is 4.51. The Morgan fingerprint density at radius 3 is 2.31 bits per heavy atom. The Hall–Kier alpha value is 1.28. The van der Waals surface area contributed by atoms with Crippen LogP contribution in [0.4, 0.5) is 0 Å². The van der Waals surface area contributed by atoms with E-state index in [-0.39, 0.29) is 58.9 Å². The molecule has 0 aromatic heterocycles. The van der Waals surface area contributed by atoms with E-state index in [1.165, 1.54) is 47.5 Å². The molecule has 0 saturated carbocycles. The Kier molecular flexibility index (Phi) is 14.4. The van der Waals surface area contributed by atoms with Gasteiger partial charge < -0.3 is 37.2 Å². The van der Waals surface area contributed by atoms with Gasteiger partial charge in [0, 0.05) is 10.2 Å². The zero-order chi connectivity index (χ0) is 8.55. The maximum absolute atomic E-state index is 3.62. The molecule has 0 aliphatic heterocycles. The molecule has 0 aromatic carbocycles. The van der Waals surface area contributed by atoms with Crippen LogP contribution in [-0.2, 0) is 21.7 Å². The molecule has 0 spiro atoms. The Bertz CT molecular complexity index is 264. The maximum Gasteiger partial charge on any atom is 4.00 e. The van der Waals surface area contributed by atoms with Crippen molar-refractivity contribution in [2.75, 3.05) is 0 Å². The second-order valence-electron chi connectivity index (χ2n) is 3.94. The first kappa shape index (κ1) is 22.5. The Morgan fingerprint density at radius 2 is 1.75 bits per heavy atom. The van der Waals surface area contributed by atoms with Gasteiger partial charge in [-0.2, -0.15) is 11.1 Å². The predicted molar refractivity (Wildman–Crippen MR) is 56.2 cm³/mol. The van der Waals surface area contributed by atoms with Gasteiger partial charge in [-0.25, -0.2) is 5.57 Å². The summed E-state index contributed by atoms with van der Waals surface area (Å²) in [4.78, 5) is 0. The molecule has 90 valence electrons. The van der Waals surface area contributed by atoms with Crippen molar-refractivity contribution in [3.05, 3.63) is 22.8 Å². The van der Waals surface area contributed by atoms with Crippen LogP contribution in [0.25, 0.3) is 0 Å². The molecule has 16 heavy (non-hydrogen) atoms. The number of hydrogen-bond acceptors (Lipinski definition) is 0. The normalized spacial score (nSPS) is 21.8. The van der Waals surface area contributed by atoms with Gasteiger partial charge in [0.2, 0.25) is 0 Å². The quantitative estimate of drug-likeness (QED) is 0.331. The SMILES string of the molecule is CC1=[C-]C(C[SiH3])C2=C1CCCC2.[Cl-].[Cl-].[Cl-].[Ti+4]. The van der Waals surface area contributed by atoms with Crippen LogP contribution in [0.5, 0.6) is 0 Å². The molecule has 0 fully saturated rings. The summed E-state index contributed by atoms with van der Waals surface area (Å²) in [5.41, 5.74) is 4.92. The Morgan fingerprint density at radius 1 is 1.19 bits per heavy atom. The zero-order valence-electron chi connectivity index (χ0n) is 9.75. The molecular weight excluding hydrogens is 314 g/mol. The van der Waals surface area contributed by atoms with Gasteiger partial charge >= 0.3 is 21.7 Å². The summed E-state index contributed by atoms with van der Waals surface area (Å²) in [5.74, 6) is 0.743. The molecule has 0 nitrogen and oxygen atoms in total. The summed E-state index contributed by atoms with van der Waals surface area (Å²) in [6.45, 7) is 2.25. The fraction of sp³-hybridized carbons (Fsp3) is 0.636. The van der Waals surface area contributed by atoms with Crippen LogP contribution in [0.2, 0.25) is 6.04 Å². The molecule has 0 amide bonds. The van der Waals surface area contributed by atoms with E-state index < -0.39 is 0 Å². The smallest absolute Gasteiger partial charge is 1.00 e. The number of halogens is 3. The molecule has 0 heterocycles. The summed E-state index contributed by atoms with van der Waals surface area (Å²) in [6, 6.07) is 1.39. The van der Waals surface area contributed by atoms with Gasteiger partial charge in [-0.3, -0.25) is 6.08 Å². The van der Waals surface area contributed by atoms with Gasteiger partial charge in [0.25, 0.3) is 0 Å². The molecule has 2 aliphatic rings. The molecule has 0 N–H and O–H groups in total. The molecule has 2 aliphatic carbocycles. The van der Waals surface area contributed by atoms with Gasteiger partial charge in [0.15, 0.2) is 0 Å². The van der Waals surface area contributed by atoms with Gasteiger partial charge in [-0.05, 0) is 6.42 Å². The average Bonchev–Trinajstić information content (AvgIpc) is 2.44. The van der Waals surface area contributed by atoms with Crippen LogP contribution < -0.4 is 37.2 Å². The predicted octanol–water partition coefficient (Wildman–Crippen LogP) is -6.97. The molecule has 0 bridgehead atoms. The van der Waals surface area contributed by atoms with E-state index >= 15 is 0 Å². The number of hydrogen-bond donors (Lipinski definition) is 0. The minimum atomic E-state index is 0. The maximum atomic E-state index is 3.62. The van der Waals surface area contributed by atoms with E-state index in [4.69, 9.17) is 0 Å². The number of allylic oxidation sites excluding steroid dienone is 4. The average molecular weight is 332 g/mol. The molecule has 2 rings (SSSR count). The summed E-state index contributed by atoms with van der Waals surface area (Å²) in [5, 5.41) is 0. The fourth-order valence-corrected chi connectivity index (χ4v) is 3.22. The molecule has 1 atom stereocenters. The van der Waals surface area contributed by atoms with Gasteiger partial charge in [0.05, 0.1) is 0 Å². The van der Waals surface area contributed by atoms with Crippen molar-refractivity contribution < 1.29 is 58.9 Å². The van der Waals surface area contributed by atoms with Crippen LogP contribution in [0.15, 0.2) is 16.7 Å². The molecule has 5 heteroatoms. The fourth-order valence-electron chi connectivity index (χ4n) is 2.53. The second-order valence-corrected chi connectivity index (χ2v) is 4.76. The van der Waals surface area contributed by atoms with Crippen molar-refractivity contribution in [2.45, 2.75) is 38.7 Å². The summed E-state index contributed by atoms with van der Waals surface area (Å²) < 4.78 is 0. The summed E-state index contributed by atoms with van der Waals surface area (Å²) >= 11 is 0. The third-order valence-corrected chi connectivity index (χ3v) is 4.00. The van der Waals surface area contributed by atoms with E-state index in [9.17, 15) is 0 Å². The van der Waals surface area contributed by atoms with E-state index in [2.05, 4.69) is 13.0 Å². The first-order chi connectivity index (χ1) is 5.83. The monoisotopic (exact) mass is 330 g/mol. The minimum Gasteiger partial charge on any atom is -1.00 e. The van der Waals surface area contributed by atoms with Crippen LogP contribution in [0, 0.1) is 12.0 Å². The third-order valence-electron chi connectivity index (χ3n) is 3.18. The van der Waals surface area contributed by atoms with Crippen LogP contribution in [0.1, 0.15) is 32.6 Å². The van der Waals surface area contributed by atoms with E-state index in [1.807, 2.05) is 0 Å². The summed E-state index contributed by atoms with van der Waals surface area (Å²) in [7, 11) is 1.32. The molecular formula is C11H17Cl3SiTi. The molecule has 0 aromatic rings. The van der Waals surface area contributed by atoms with Crippen LogP contribution >= 0.6 is 0 Å². The summed E-state index contributed by atoms with van der Waals surface area (Å²) in [6.07, 6.45) is 9.16. The van der Waals surface area contributed by atoms with Gasteiger partial charge in [0.1, 0.15) is 0 Å². The van der Waals surface area contributed by atoms with Crippen molar-refractivity contribution >= 4 is 10.2 Å². The van der Waals surface area contributed by atoms with Crippen molar-refractivity contribution in [2.24, 2.45) is 5.92 Å². The largest absolute Gasteiger partial charge is 4.00 e. The van der Waals surface area contributed by atoms with Crippen molar-refractivity contribution in [1.29, 1.82) is 0 Å². The van der Waals surface area contributed by atoms with E-state index in [1.54, 1.807) is 11.1 Å². The molecule has 0 radical (unpaired) electrons. The Labute approximate surface area is 136 Å². The first-order valence-electron chi connectivity index (χ1n) is 5.15. The molecule has 1 unspecified atom stereocenters. The topological polar surface area (TPSA) is 0 Å². The first-order valence-corrected chi connectivity index (χ1v) is 6.56. The van der Waals surface area contributed by atoms with Gasteiger partial charge in [-0.1, -0.05) is 38.1 Å². The van der Waals surface area contributed by atoms with Crippen LogP contribution in [0.3, 0.4) is 0 Å². The standard InChI is InChI=1S/C11H17Si.3ClH.Ti/c1-8-6-9(7-12)11-5-3-2-4-10(8)11;;;;/h9H,2-5,7H2,1,12H3;3*1H;/q-1;;;;+4/p-3. The van der Waals surface area contributed by atoms with Crippen molar-refractivity contribution in [1.82, 2.24) is 0 Å². The Balaban J connectivity index is -0.000000422. The van der Waals surface area contributed by atoms with Gasteiger partial charge in [-0.15, -0.1) is 0 Å². The zero-order valence-corrected chi connectivity index (χ0v) is 15.6.